The molecule has 3 rings (SSSR count). The molecule has 0 amide bonds. The van der Waals surface area contributed by atoms with Crippen LogP contribution in [0.2, 0.25) is 0 Å². The summed E-state index contributed by atoms with van der Waals surface area (Å²) >= 11 is 0. The van der Waals surface area contributed by atoms with Gasteiger partial charge in [-0.1, -0.05) is 32.0 Å². The molecule has 7 heteroatoms. The molecule has 3 aromatic rings. The van der Waals surface area contributed by atoms with Crippen molar-refractivity contribution in [1.82, 2.24) is 15.2 Å². The number of nitrogens with one attached hydrogen (secondary N) is 2. The van der Waals surface area contributed by atoms with Crippen LogP contribution in [0, 0.1) is 11.6 Å². The van der Waals surface area contributed by atoms with Crippen LogP contribution < -0.4 is 10.6 Å². The van der Waals surface area contributed by atoms with Crippen molar-refractivity contribution in [2.45, 2.75) is 26.7 Å². The first-order chi connectivity index (χ1) is 12.6. The van der Waals surface area contributed by atoms with Gasteiger partial charge in [0, 0.05) is 17.4 Å². The summed E-state index contributed by atoms with van der Waals surface area (Å²) < 4.78 is 26.4. The van der Waals surface area contributed by atoms with Crippen molar-refractivity contribution >= 4 is 23.1 Å². The van der Waals surface area contributed by atoms with Gasteiger partial charge in [-0.2, -0.15) is 10.1 Å². The third kappa shape index (κ3) is 3.93. The molecule has 0 spiro atoms. The van der Waals surface area contributed by atoms with Crippen LogP contribution in [-0.4, -0.2) is 15.2 Å². The lowest BCUT2D eigenvalue weighted by Crippen LogP contribution is -2.06. The molecular formula is C19H19F2N5. The number of para-hydroxylation sites is 1. The van der Waals surface area contributed by atoms with E-state index in [0.29, 0.717) is 17.5 Å². The lowest BCUT2D eigenvalue weighted by molar-refractivity contribution is 0.509. The van der Waals surface area contributed by atoms with Crippen molar-refractivity contribution in [3.8, 4) is 0 Å². The van der Waals surface area contributed by atoms with Crippen LogP contribution in [0.4, 0.5) is 31.9 Å². The fraction of sp³-hybridized carbons (Fsp3) is 0.211. The zero-order chi connectivity index (χ0) is 18.5. The Balaban J connectivity index is 1.85. The maximum atomic E-state index is 13.3. The number of anilines is 4. The summed E-state index contributed by atoms with van der Waals surface area (Å²) in [7, 11) is 0. The first kappa shape index (κ1) is 17.7. The van der Waals surface area contributed by atoms with Gasteiger partial charge in [-0.15, -0.1) is 5.10 Å². The largest absolute Gasteiger partial charge is 0.339 e. The van der Waals surface area contributed by atoms with Crippen LogP contribution in [0.5, 0.6) is 0 Å². The third-order valence-corrected chi connectivity index (χ3v) is 3.99. The Morgan fingerprint density at radius 3 is 2.31 bits per heavy atom. The van der Waals surface area contributed by atoms with E-state index in [2.05, 4.69) is 51.8 Å². The minimum atomic E-state index is -0.931. The Hall–Kier alpha value is -3.09. The Kier molecular flexibility index (Phi) is 5.36. The number of halogens is 2. The summed E-state index contributed by atoms with van der Waals surface area (Å²) in [5, 5.41) is 14.1. The van der Waals surface area contributed by atoms with E-state index in [1.807, 2.05) is 6.07 Å². The number of aromatic nitrogens is 3. The average Bonchev–Trinajstić information content (AvgIpc) is 2.65. The van der Waals surface area contributed by atoms with Crippen LogP contribution in [0.3, 0.4) is 0 Å². The second-order valence-electron chi connectivity index (χ2n) is 5.70. The Morgan fingerprint density at radius 2 is 1.65 bits per heavy atom. The van der Waals surface area contributed by atoms with Gasteiger partial charge in [0.15, 0.2) is 17.5 Å². The van der Waals surface area contributed by atoms with Gasteiger partial charge < -0.3 is 10.6 Å². The maximum absolute atomic E-state index is 13.3. The molecule has 0 bridgehead atoms. The van der Waals surface area contributed by atoms with E-state index in [-0.39, 0.29) is 0 Å². The summed E-state index contributed by atoms with van der Waals surface area (Å²) in [4.78, 5) is 4.35. The molecule has 0 aliphatic carbocycles. The van der Waals surface area contributed by atoms with Crippen molar-refractivity contribution in [1.29, 1.82) is 0 Å². The van der Waals surface area contributed by atoms with Gasteiger partial charge in [0.25, 0.3) is 0 Å². The van der Waals surface area contributed by atoms with Crippen LogP contribution >= 0.6 is 0 Å². The van der Waals surface area contributed by atoms with E-state index < -0.39 is 11.6 Å². The Morgan fingerprint density at radius 1 is 0.923 bits per heavy atom. The first-order valence-electron chi connectivity index (χ1n) is 8.40. The van der Waals surface area contributed by atoms with Gasteiger partial charge >= 0.3 is 0 Å². The number of rotatable bonds is 6. The topological polar surface area (TPSA) is 62.7 Å². The maximum Gasteiger partial charge on any atom is 0.249 e. The van der Waals surface area contributed by atoms with E-state index >= 15 is 0 Å². The fourth-order valence-corrected chi connectivity index (χ4v) is 2.65. The molecule has 0 fully saturated rings. The molecule has 26 heavy (non-hydrogen) atoms. The second-order valence-corrected chi connectivity index (χ2v) is 5.70. The molecule has 5 nitrogen and oxygen atoms in total. The molecule has 0 atom stereocenters. The summed E-state index contributed by atoms with van der Waals surface area (Å²) in [6.07, 6.45) is 3.16. The third-order valence-electron chi connectivity index (χ3n) is 3.99. The minimum Gasteiger partial charge on any atom is -0.339 e. The average molecular weight is 355 g/mol. The number of benzene rings is 2. The predicted molar refractivity (Wildman–Crippen MR) is 97.9 cm³/mol. The standard InChI is InChI=1S/C19H19F2N5/c1-3-12-6-5-7-13(4-2)18(12)25-19-24-17(11-22-26-19)23-14-8-9-15(20)16(21)10-14/h5-11H,3-4H2,1-2H3,(H2,23,24,25,26). The Bertz CT molecular complexity index is 892. The predicted octanol–water partition coefficient (Wildman–Crippen LogP) is 4.76. The zero-order valence-electron chi connectivity index (χ0n) is 14.6. The highest BCUT2D eigenvalue weighted by Gasteiger charge is 2.10. The number of nitrogens with zero attached hydrogens (tertiary/aromatic N) is 3. The normalized spacial score (nSPS) is 10.6. The van der Waals surface area contributed by atoms with Crippen LogP contribution in [-0.2, 0) is 12.8 Å². The van der Waals surface area contributed by atoms with Crippen LogP contribution in [0.25, 0.3) is 0 Å². The van der Waals surface area contributed by atoms with Crippen LogP contribution in [0.1, 0.15) is 25.0 Å². The lowest BCUT2D eigenvalue weighted by atomic mass is 10.0. The van der Waals surface area contributed by atoms with E-state index in [1.165, 1.54) is 12.3 Å². The molecule has 134 valence electrons. The number of aryl methyl sites for hydroxylation is 2. The van der Waals surface area contributed by atoms with Gasteiger partial charge in [0.1, 0.15) is 0 Å². The fourth-order valence-electron chi connectivity index (χ4n) is 2.65. The highest BCUT2D eigenvalue weighted by molar-refractivity contribution is 5.64. The smallest absolute Gasteiger partial charge is 0.249 e. The van der Waals surface area contributed by atoms with Gasteiger partial charge in [0.05, 0.1) is 6.20 Å². The molecule has 1 heterocycles. The molecule has 0 radical (unpaired) electrons. The number of hydrogen-bond acceptors (Lipinski definition) is 5. The summed E-state index contributed by atoms with van der Waals surface area (Å²) in [6.45, 7) is 4.17. The monoisotopic (exact) mass is 355 g/mol. The minimum absolute atomic E-state index is 0.327. The van der Waals surface area contributed by atoms with Crippen molar-refractivity contribution in [2.24, 2.45) is 0 Å². The molecule has 0 aliphatic rings. The molecule has 2 aromatic carbocycles. The lowest BCUT2D eigenvalue weighted by Gasteiger charge is -2.14. The first-order valence-corrected chi connectivity index (χ1v) is 8.40. The molecular weight excluding hydrogens is 336 g/mol. The van der Waals surface area contributed by atoms with E-state index in [4.69, 9.17) is 0 Å². The zero-order valence-corrected chi connectivity index (χ0v) is 14.6. The molecule has 0 saturated carbocycles. The Labute approximate surface area is 150 Å². The molecule has 2 N–H and O–H groups in total. The summed E-state index contributed by atoms with van der Waals surface area (Å²) in [5.41, 5.74) is 3.67. The highest BCUT2D eigenvalue weighted by atomic mass is 19.2. The molecule has 0 saturated heterocycles. The molecule has 0 aliphatic heterocycles. The quantitative estimate of drug-likeness (QED) is 0.667. The number of hydrogen-bond donors (Lipinski definition) is 2. The summed E-state index contributed by atoms with van der Waals surface area (Å²) in [6, 6.07) is 9.68. The van der Waals surface area contributed by atoms with Crippen molar-refractivity contribution in [3.05, 3.63) is 65.4 Å². The van der Waals surface area contributed by atoms with E-state index in [1.54, 1.807) is 0 Å². The SMILES string of the molecule is CCc1cccc(CC)c1Nc1nncc(Nc2ccc(F)c(F)c2)n1. The van der Waals surface area contributed by atoms with E-state index in [0.717, 1.165) is 41.8 Å². The van der Waals surface area contributed by atoms with E-state index in [9.17, 15) is 8.78 Å². The second kappa shape index (κ2) is 7.86. The summed E-state index contributed by atoms with van der Waals surface area (Å²) in [5.74, 6) is -1.13. The molecule has 1 aromatic heterocycles. The van der Waals surface area contributed by atoms with Crippen LogP contribution in [0.15, 0.2) is 42.6 Å². The van der Waals surface area contributed by atoms with Gasteiger partial charge in [0.2, 0.25) is 5.95 Å². The highest BCUT2D eigenvalue weighted by Crippen LogP contribution is 2.25. The van der Waals surface area contributed by atoms with Crippen molar-refractivity contribution < 1.29 is 8.78 Å². The van der Waals surface area contributed by atoms with Crippen molar-refractivity contribution in [3.63, 3.8) is 0 Å². The van der Waals surface area contributed by atoms with Crippen molar-refractivity contribution in [2.75, 3.05) is 10.6 Å². The molecule has 0 unspecified atom stereocenters. The van der Waals surface area contributed by atoms with Gasteiger partial charge in [-0.25, -0.2) is 8.78 Å². The van der Waals surface area contributed by atoms with Gasteiger partial charge in [-0.3, -0.25) is 0 Å². The van der Waals surface area contributed by atoms with Gasteiger partial charge in [-0.05, 0) is 36.1 Å².